The van der Waals surface area contributed by atoms with Crippen molar-refractivity contribution < 1.29 is 30.0 Å². The summed E-state index contributed by atoms with van der Waals surface area (Å²) in [5.41, 5.74) is 5.20. The van der Waals surface area contributed by atoms with Gasteiger partial charge in [0, 0.05) is 36.9 Å². The minimum atomic E-state index is -0.282. The summed E-state index contributed by atoms with van der Waals surface area (Å²) in [6, 6.07) is 11.4. The number of ether oxygens (including phenoxy) is 3. The van der Waals surface area contributed by atoms with Crippen molar-refractivity contribution in [1.29, 1.82) is 5.15 Å². The normalized spacial score (nSPS) is 11.8. The summed E-state index contributed by atoms with van der Waals surface area (Å²) >= 11 is 0. The number of amides is 2. The van der Waals surface area contributed by atoms with E-state index in [0.717, 1.165) is 35.1 Å². The van der Waals surface area contributed by atoms with Gasteiger partial charge in [-0.25, -0.2) is 0 Å². The summed E-state index contributed by atoms with van der Waals surface area (Å²) in [7, 11) is 2.48. The molecule has 1 aliphatic carbocycles. The molecule has 0 unspecified atom stereocenters. The lowest BCUT2D eigenvalue weighted by molar-refractivity contribution is -0.143. The van der Waals surface area contributed by atoms with Crippen LogP contribution in [0.2, 0.25) is 1.41 Å². The second-order valence-corrected chi connectivity index (χ2v) is 8.39. The van der Waals surface area contributed by atoms with Gasteiger partial charge in [-0.1, -0.05) is 32.9 Å². The summed E-state index contributed by atoms with van der Waals surface area (Å²) in [6.07, 6.45) is 1.97. The molecule has 10 heteroatoms. The number of hydrogen-bond donors (Lipinski definition) is 3. The molecule has 2 amide bonds. The molecule has 0 aliphatic heterocycles. The maximum atomic E-state index is 12.2. The van der Waals surface area contributed by atoms with Crippen molar-refractivity contribution in [3.05, 3.63) is 47.5 Å². The lowest BCUT2D eigenvalue weighted by Gasteiger charge is -2.16. The van der Waals surface area contributed by atoms with Gasteiger partial charge in [0.15, 0.2) is 1.41 Å². The van der Waals surface area contributed by atoms with E-state index < -0.39 is 0 Å². The van der Waals surface area contributed by atoms with Crippen molar-refractivity contribution in [1.82, 2.24) is 0 Å². The molecule has 3 rings (SSSR count). The molecule has 0 heterocycles. The standard InChI is InChI=1S/C27H34N2O6.H2NP/c1-4-11-33-16-25(30)28-18-7-9-20-21-10-8-19(29-26(31)17-34-12-5-2)14-23(21)24(22(20)13-18)15-35-27(32)6-3;1-2/h7-10,13-14,24H,4-6,11-12,15-17H2,1-3H3,(H,28,30)(H,29,31);1-2H/i/hD. The maximum absolute atomic E-state index is 12.2. The number of nitrogens with one attached hydrogen (secondary N) is 3. The van der Waals surface area contributed by atoms with E-state index in [-0.39, 0.29) is 49.9 Å². The van der Waals surface area contributed by atoms with E-state index in [1.54, 1.807) is 6.92 Å². The molecule has 2 aromatic carbocycles. The number of esters is 1. The first-order valence-corrected chi connectivity index (χ1v) is 12.8. The van der Waals surface area contributed by atoms with E-state index in [0.29, 0.717) is 24.6 Å². The van der Waals surface area contributed by atoms with Crippen molar-refractivity contribution in [2.75, 3.05) is 43.7 Å². The van der Waals surface area contributed by atoms with E-state index in [4.69, 9.17) is 15.6 Å². The Morgan fingerprint density at radius 3 is 1.76 bits per heavy atom. The molecule has 3 N–H and O–H groups in total. The smallest absolute Gasteiger partial charge is 0.305 e. The Morgan fingerprint density at radius 1 is 0.892 bits per heavy atom. The Bertz CT molecular complexity index is 1040. The van der Waals surface area contributed by atoms with Crippen molar-refractivity contribution in [2.45, 2.75) is 46.0 Å². The van der Waals surface area contributed by atoms with Crippen LogP contribution in [0.4, 0.5) is 11.4 Å². The number of fused-ring (bicyclic) bond motifs is 3. The Morgan fingerprint density at radius 2 is 1.35 bits per heavy atom. The molecule has 37 heavy (non-hydrogen) atoms. The number of carbonyl (C=O) groups excluding carboxylic acids is 3. The Labute approximate surface area is 221 Å². The molecule has 0 saturated heterocycles. The topological polar surface area (TPSA) is 127 Å². The van der Waals surface area contributed by atoms with Crippen molar-refractivity contribution in [3.8, 4) is 11.1 Å². The quantitative estimate of drug-likeness (QED) is 0.181. The van der Waals surface area contributed by atoms with Gasteiger partial charge in [0.2, 0.25) is 11.8 Å². The SMILES string of the molecule is CCCOCC(=O)Nc1ccc2c(c1)C(COC(=O)CC)c1cc(NC(=O)COCCC)ccc1-2.[2H]N=P. The average Bonchev–Trinajstić information content (AvgIpc) is 3.20. The third-order valence-electron chi connectivity index (χ3n) is 5.57. The number of carbonyl (C=O) groups is 3. The van der Waals surface area contributed by atoms with Crippen molar-refractivity contribution in [2.24, 2.45) is 0 Å². The summed E-state index contributed by atoms with van der Waals surface area (Å²) in [4.78, 5) is 36.4. The Hall–Kier alpha value is -3.13. The zero-order valence-electron chi connectivity index (χ0n) is 22.6. The van der Waals surface area contributed by atoms with Crippen LogP contribution < -0.4 is 10.6 Å². The minimum absolute atomic E-state index is 0.00623. The van der Waals surface area contributed by atoms with Crippen LogP contribution in [0.3, 0.4) is 0 Å². The lowest BCUT2D eigenvalue weighted by atomic mass is 9.97. The fourth-order valence-corrected chi connectivity index (χ4v) is 3.99. The third-order valence-corrected chi connectivity index (χ3v) is 5.57. The van der Waals surface area contributed by atoms with Crippen LogP contribution in [0.25, 0.3) is 11.1 Å². The van der Waals surface area contributed by atoms with Gasteiger partial charge in [0.1, 0.15) is 19.8 Å². The molecule has 0 radical (unpaired) electrons. The van der Waals surface area contributed by atoms with Crippen LogP contribution in [0.1, 0.15) is 57.1 Å². The van der Waals surface area contributed by atoms with Crippen molar-refractivity contribution in [3.63, 3.8) is 0 Å². The molecular weight excluding hydrogens is 493 g/mol. The second kappa shape index (κ2) is 15.9. The van der Waals surface area contributed by atoms with Gasteiger partial charge in [-0.3, -0.25) is 19.5 Å². The predicted molar refractivity (Wildman–Crippen MR) is 145 cm³/mol. The molecule has 1 aliphatic rings. The molecule has 0 spiro atoms. The van der Waals surface area contributed by atoms with Crippen LogP contribution in [-0.4, -0.2) is 50.8 Å². The van der Waals surface area contributed by atoms with Gasteiger partial charge in [0.25, 0.3) is 0 Å². The Kier molecular flexibility index (Phi) is 12.2. The lowest BCUT2D eigenvalue weighted by Crippen LogP contribution is -2.19. The monoisotopic (exact) mass is 530 g/mol. The van der Waals surface area contributed by atoms with Gasteiger partial charge in [-0.05, 0) is 68.4 Å². The summed E-state index contributed by atoms with van der Waals surface area (Å²) in [5.74, 6) is -0.955. The highest BCUT2D eigenvalue weighted by Gasteiger charge is 2.30. The molecule has 0 bridgehead atoms. The van der Waals surface area contributed by atoms with Gasteiger partial charge >= 0.3 is 5.97 Å². The molecular formula is C27H36N3O6P. The summed E-state index contributed by atoms with van der Waals surface area (Å²) < 4.78 is 21.9. The average molecular weight is 531 g/mol. The van der Waals surface area contributed by atoms with Crippen LogP contribution in [0, 0.1) is 5.15 Å². The highest BCUT2D eigenvalue weighted by atomic mass is 31.0. The molecule has 0 fully saturated rings. The molecule has 0 atom stereocenters. The largest absolute Gasteiger partial charge is 0.465 e. The fourth-order valence-electron chi connectivity index (χ4n) is 3.99. The maximum Gasteiger partial charge on any atom is 0.305 e. The first-order chi connectivity index (χ1) is 18.4. The number of benzene rings is 2. The highest BCUT2D eigenvalue weighted by Crippen LogP contribution is 2.46. The highest BCUT2D eigenvalue weighted by molar-refractivity contribution is 7.02. The van der Waals surface area contributed by atoms with Crippen LogP contribution in [0.15, 0.2) is 36.4 Å². The van der Waals surface area contributed by atoms with Crippen LogP contribution >= 0.6 is 9.03 Å². The van der Waals surface area contributed by atoms with Gasteiger partial charge < -0.3 is 24.8 Å². The second-order valence-electron chi connectivity index (χ2n) is 8.39. The van der Waals surface area contributed by atoms with Crippen LogP contribution in [-0.2, 0) is 28.6 Å². The molecule has 9 nitrogen and oxygen atoms in total. The van der Waals surface area contributed by atoms with E-state index in [1.165, 1.54) is 0 Å². The van der Waals surface area contributed by atoms with Crippen molar-refractivity contribution >= 4 is 38.2 Å². The van der Waals surface area contributed by atoms with Gasteiger partial charge in [-0.2, -0.15) is 0 Å². The molecule has 0 saturated carbocycles. The van der Waals surface area contributed by atoms with Gasteiger partial charge in [-0.15, -0.1) is 0 Å². The predicted octanol–water partition coefficient (Wildman–Crippen LogP) is 5.37. The zero-order chi connectivity index (χ0) is 27.9. The van der Waals surface area contributed by atoms with E-state index in [9.17, 15) is 14.4 Å². The Balaban J connectivity index is 0.00000161. The third kappa shape index (κ3) is 8.74. The number of rotatable bonds is 13. The van der Waals surface area contributed by atoms with Crippen LogP contribution in [0.5, 0.6) is 0 Å². The first kappa shape index (κ1) is 28.4. The fraction of sp³-hybridized carbons (Fsp3) is 0.444. The first-order valence-electron chi connectivity index (χ1n) is 12.8. The minimum Gasteiger partial charge on any atom is -0.465 e. The zero-order valence-corrected chi connectivity index (χ0v) is 22.6. The number of anilines is 2. The summed E-state index contributed by atoms with van der Waals surface area (Å²) in [5, 5.41) is 8.30. The van der Waals surface area contributed by atoms with Gasteiger partial charge in [0.05, 0.1) is 0 Å². The van der Waals surface area contributed by atoms with E-state index >= 15 is 0 Å². The number of hydrogen-bond acceptors (Lipinski definition) is 7. The molecule has 2 aromatic rings. The van der Waals surface area contributed by atoms with E-state index in [2.05, 4.69) is 24.8 Å². The molecule has 200 valence electrons. The summed E-state index contributed by atoms with van der Waals surface area (Å²) in [6.45, 7) is 6.93. The van der Waals surface area contributed by atoms with E-state index in [1.807, 2.05) is 50.2 Å². The molecule has 0 aromatic heterocycles.